The summed E-state index contributed by atoms with van der Waals surface area (Å²) in [6.07, 6.45) is 0.559. The number of carboxylic acid groups (broad SMARTS) is 1. The van der Waals surface area contributed by atoms with Crippen molar-refractivity contribution in [3.05, 3.63) is 29.3 Å². The SMILES string of the molecule is CCC(Nc1cccc(C(=O)O)c1C)C(=O)OC. The van der Waals surface area contributed by atoms with E-state index in [9.17, 15) is 9.59 Å². The van der Waals surface area contributed by atoms with Gasteiger partial charge in [-0.1, -0.05) is 13.0 Å². The summed E-state index contributed by atoms with van der Waals surface area (Å²) in [4.78, 5) is 22.5. The van der Waals surface area contributed by atoms with Crippen LogP contribution in [-0.4, -0.2) is 30.2 Å². The average molecular weight is 251 g/mol. The lowest BCUT2D eigenvalue weighted by Gasteiger charge is -2.18. The van der Waals surface area contributed by atoms with Gasteiger partial charge in [0.2, 0.25) is 0 Å². The van der Waals surface area contributed by atoms with E-state index in [1.54, 1.807) is 19.1 Å². The molecule has 1 rings (SSSR count). The predicted octanol–water partition coefficient (Wildman–Crippen LogP) is 2.06. The van der Waals surface area contributed by atoms with E-state index in [0.29, 0.717) is 17.7 Å². The van der Waals surface area contributed by atoms with Gasteiger partial charge in [0, 0.05) is 5.69 Å². The third kappa shape index (κ3) is 3.00. The van der Waals surface area contributed by atoms with Gasteiger partial charge in [-0.05, 0) is 31.0 Å². The van der Waals surface area contributed by atoms with Crippen LogP contribution in [0.3, 0.4) is 0 Å². The summed E-state index contributed by atoms with van der Waals surface area (Å²) in [5, 5.41) is 12.0. The van der Waals surface area contributed by atoms with Gasteiger partial charge < -0.3 is 15.2 Å². The molecule has 0 aliphatic heterocycles. The van der Waals surface area contributed by atoms with Gasteiger partial charge in [-0.3, -0.25) is 0 Å². The largest absolute Gasteiger partial charge is 0.478 e. The molecule has 1 atom stereocenters. The van der Waals surface area contributed by atoms with Gasteiger partial charge in [0.05, 0.1) is 12.7 Å². The zero-order chi connectivity index (χ0) is 13.7. The lowest BCUT2D eigenvalue weighted by molar-refractivity contribution is -0.141. The maximum Gasteiger partial charge on any atom is 0.336 e. The normalized spacial score (nSPS) is 11.7. The number of aromatic carboxylic acids is 1. The number of carbonyl (C=O) groups excluding carboxylic acids is 1. The van der Waals surface area contributed by atoms with E-state index < -0.39 is 12.0 Å². The topological polar surface area (TPSA) is 75.6 Å². The maximum absolute atomic E-state index is 11.5. The highest BCUT2D eigenvalue weighted by Gasteiger charge is 2.18. The molecular formula is C13H17NO4. The van der Waals surface area contributed by atoms with Gasteiger partial charge >= 0.3 is 11.9 Å². The molecule has 0 saturated heterocycles. The molecule has 2 N–H and O–H groups in total. The average Bonchev–Trinajstić information content (AvgIpc) is 2.36. The minimum atomic E-state index is -0.984. The molecule has 0 radical (unpaired) electrons. The second-order valence-corrected chi connectivity index (χ2v) is 3.91. The Kier molecular flexibility index (Phi) is 4.71. The third-order valence-corrected chi connectivity index (χ3v) is 2.79. The number of rotatable bonds is 5. The van der Waals surface area contributed by atoms with Crippen molar-refractivity contribution in [2.45, 2.75) is 26.3 Å². The first-order valence-electron chi connectivity index (χ1n) is 5.68. The smallest absolute Gasteiger partial charge is 0.336 e. The number of methoxy groups -OCH3 is 1. The molecule has 0 aliphatic carbocycles. The Morgan fingerprint density at radius 3 is 2.61 bits per heavy atom. The number of carbonyl (C=O) groups is 2. The van der Waals surface area contributed by atoms with Gasteiger partial charge in [-0.25, -0.2) is 9.59 Å². The molecule has 0 heterocycles. The molecule has 0 bridgehead atoms. The van der Waals surface area contributed by atoms with Crippen molar-refractivity contribution in [3.63, 3.8) is 0 Å². The highest BCUT2D eigenvalue weighted by molar-refractivity contribution is 5.91. The van der Waals surface area contributed by atoms with Gasteiger partial charge in [0.15, 0.2) is 0 Å². The minimum absolute atomic E-state index is 0.222. The molecule has 5 heteroatoms. The first kappa shape index (κ1) is 14.0. The summed E-state index contributed by atoms with van der Waals surface area (Å²) in [6, 6.07) is 4.44. The van der Waals surface area contributed by atoms with E-state index in [1.807, 2.05) is 6.92 Å². The van der Waals surface area contributed by atoms with Gasteiger partial charge in [-0.15, -0.1) is 0 Å². The van der Waals surface area contributed by atoms with Gasteiger partial charge in [-0.2, -0.15) is 0 Å². The standard InChI is InChI=1S/C13H17NO4/c1-4-10(13(17)18-3)14-11-7-5-6-9(8(11)2)12(15)16/h5-7,10,14H,4H2,1-3H3,(H,15,16). The minimum Gasteiger partial charge on any atom is -0.478 e. The molecule has 18 heavy (non-hydrogen) atoms. The molecule has 0 saturated carbocycles. The van der Waals surface area contributed by atoms with Crippen LogP contribution in [0.4, 0.5) is 5.69 Å². The second-order valence-electron chi connectivity index (χ2n) is 3.91. The lowest BCUT2D eigenvalue weighted by Crippen LogP contribution is -2.30. The van der Waals surface area contributed by atoms with Crippen molar-refractivity contribution in [1.29, 1.82) is 0 Å². The van der Waals surface area contributed by atoms with Crippen LogP contribution in [0.5, 0.6) is 0 Å². The van der Waals surface area contributed by atoms with E-state index in [4.69, 9.17) is 5.11 Å². The maximum atomic E-state index is 11.5. The summed E-state index contributed by atoms with van der Waals surface area (Å²) in [5.41, 5.74) is 1.46. The molecule has 1 aromatic rings. The molecule has 1 aromatic carbocycles. The Hall–Kier alpha value is -2.04. The number of carboxylic acids is 1. The van der Waals surface area contributed by atoms with Crippen molar-refractivity contribution in [2.75, 3.05) is 12.4 Å². The van der Waals surface area contributed by atoms with Crippen molar-refractivity contribution in [1.82, 2.24) is 0 Å². The molecule has 0 amide bonds. The van der Waals surface area contributed by atoms with E-state index >= 15 is 0 Å². The number of hydrogen-bond acceptors (Lipinski definition) is 4. The van der Waals surface area contributed by atoms with Crippen LogP contribution < -0.4 is 5.32 Å². The fourth-order valence-corrected chi connectivity index (χ4v) is 1.68. The number of ether oxygens (including phenoxy) is 1. The number of anilines is 1. The fourth-order valence-electron chi connectivity index (χ4n) is 1.68. The lowest BCUT2D eigenvalue weighted by atomic mass is 10.1. The Bertz CT molecular complexity index is 456. The summed E-state index contributed by atoms with van der Waals surface area (Å²) < 4.78 is 4.68. The number of benzene rings is 1. The van der Waals surface area contributed by atoms with Crippen LogP contribution in [0.1, 0.15) is 29.3 Å². The van der Waals surface area contributed by atoms with E-state index in [-0.39, 0.29) is 11.5 Å². The summed E-state index contributed by atoms with van der Waals surface area (Å²) in [6.45, 7) is 3.56. The van der Waals surface area contributed by atoms with E-state index in [1.165, 1.54) is 13.2 Å². The number of hydrogen-bond donors (Lipinski definition) is 2. The predicted molar refractivity (Wildman–Crippen MR) is 67.9 cm³/mol. The monoisotopic (exact) mass is 251 g/mol. The Morgan fingerprint density at radius 1 is 1.44 bits per heavy atom. The quantitative estimate of drug-likeness (QED) is 0.783. The summed E-state index contributed by atoms with van der Waals surface area (Å²) in [5.74, 6) is -1.35. The van der Waals surface area contributed by atoms with Crippen molar-refractivity contribution >= 4 is 17.6 Å². The zero-order valence-electron chi connectivity index (χ0n) is 10.7. The van der Waals surface area contributed by atoms with Crippen LogP contribution in [0.25, 0.3) is 0 Å². The van der Waals surface area contributed by atoms with Crippen molar-refractivity contribution in [3.8, 4) is 0 Å². The van der Waals surface area contributed by atoms with E-state index in [0.717, 1.165) is 0 Å². The first-order valence-corrected chi connectivity index (χ1v) is 5.68. The van der Waals surface area contributed by atoms with E-state index in [2.05, 4.69) is 10.1 Å². The van der Waals surface area contributed by atoms with Gasteiger partial charge in [0.1, 0.15) is 6.04 Å². The molecule has 98 valence electrons. The van der Waals surface area contributed by atoms with Gasteiger partial charge in [0.25, 0.3) is 0 Å². The summed E-state index contributed by atoms with van der Waals surface area (Å²) in [7, 11) is 1.33. The van der Waals surface area contributed by atoms with Crippen LogP contribution in [-0.2, 0) is 9.53 Å². The van der Waals surface area contributed by atoms with Crippen LogP contribution in [0.2, 0.25) is 0 Å². The molecule has 0 fully saturated rings. The van der Waals surface area contributed by atoms with Crippen LogP contribution >= 0.6 is 0 Å². The third-order valence-electron chi connectivity index (χ3n) is 2.79. The highest BCUT2D eigenvalue weighted by atomic mass is 16.5. The molecular weight excluding hydrogens is 234 g/mol. The fraction of sp³-hybridized carbons (Fsp3) is 0.385. The van der Waals surface area contributed by atoms with Crippen LogP contribution in [0, 0.1) is 6.92 Å². The van der Waals surface area contributed by atoms with Crippen molar-refractivity contribution in [2.24, 2.45) is 0 Å². The first-order chi connectivity index (χ1) is 8.51. The Morgan fingerprint density at radius 2 is 2.11 bits per heavy atom. The second kappa shape index (κ2) is 6.05. The summed E-state index contributed by atoms with van der Waals surface area (Å²) >= 11 is 0. The Balaban J connectivity index is 3.00. The molecule has 0 aliphatic rings. The van der Waals surface area contributed by atoms with Crippen molar-refractivity contribution < 1.29 is 19.4 Å². The van der Waals surface area contributed by atoms with Crippen LogP contribution in [0.15, 0.2) is 18.2 Å². The molecule has 1 unspecified atom stereocenters. The molecule has 0 aromatic heterocycles. The molecule has 5 nitrogen and oxygen atoms in total. The molecule has 0 spiro atoms. The Labute approximate surface area is 106 Å². The number of nitrogens with one attached hydrogen (secondary N) is 1. The number of esters is 1. The zero-order valence-corrected chi connectivity index (χ0v) is 10.7. The highest BCUT2D eigenvalue weighted by Crippen LogP contribution is 2.20.